The first kappa shape index (κ1) is 35.7. The lowest BCUT2D eigenvalue weighted by molar-refractivity contribution is 1.18. The topological polar surface area (TPSA) is 9.86 Å². The second-order valence-electron chi connectivity index (χ2n) is 16.2. The molecule has 0 amide bonds. The van der Waals surface area contributed by atoms with Crippen molar-refractivity contribution >= 4 is 43.6 Å². The Hall–Kier alpha value is -8.20. The van der Waals surface area contributed by atoms with E-state index >= 15 is 0 Å². The Bertz CT molecular complexity index is 3580. The van der Waals surface area contributed by atoms with Gasteiger partial charge >= 0.3 is 0 Å². The van der Waals surface area contributed by atoms with Crippen LogP contribution in [0.5, 0.6) is 0 Å². The molecule has 0 unspecified atom stereocenters. The molecule has 0 radical (unpaired) electrons. The summed E-state index contributed by atoms with van der Waals surface area (Å²) in [6, 6.07) is 88.4. The molecule has 290 valence electrons. The maximum Gasteiger partial charge on any atom is 0.0547 e. The monoisotopic (exact) mass is 788 g/mol. The highest BCUT2D eigenvalue weighted by Gasteiger charge is 2.18. The van der Waals surface area contributed by atoms with Crippen LogP contribution in [0.3, 0.4) is 0 Å². The summed E-state index contributed by atoms with van der Waals surface area (Å²) in [6.07, 6.45) is 0. The van der Waals surface area contributed by atoms with E-state index in [1.807, 2.05) is 0 Å². The van der Waals surface area contributed by atoms with Crippen LogP contribution in [0.2, 0.25) is 0 Å². The first-order valence-electron chi connectivity index (χ1n) is 21.3. The predicted molar refractivity (Wildman–Crippen MR) is 262 cm³/mol. The van der Waals surface area contributed by atoms with Crippen LogP contribution in [0, 0.1) is 0 Å². The largest absolute Gasteiger partial charge is 0.309 e. The molecule has 0 spiro atoms. The summed E-state index contributed by atoms with van der Waals surface area (Å²) >= 11 is 0. The first-order chi connectivity index (χ1) is 30.7. The zero-order valence-electron chi connectivity index (χ0n) is 34.0. The van der Waals surface area contributed by atoms with Gasteiger partial charge in [0.1, 0.15) is 0 Å². The minimum atomic E-state index is 1.14. The summed E-state index contributed by atoms with van der Waals surface area (Å²) < 4.78 is 4.85. The summed E-state index contributed by atoms with van der Waals surface area (Å²) in [7, 11) is 0. The number of fused-ring (bicyclic) bond motifs is 6. The second kappa shape index (κ2) is 14.8. The van der Waals surface area contributed by atoms with Crippen LogP contribution in [-0.2, 0) is 0 Å². The van der Waals surface area contributed by atoms with E-state index in [0.29, 0.717) is 0 Å². The van der Waals surface area contributed by atoms with Gasteiger partial charge in [-0.05, 0) is 116 Å². The van der Waals surface area contributed by atoms with Gasteiger partial charge in [0.15, 0.2) is 0 Å². The highest BCUT2D eigenvalue weighted by molar-refractivity contribution is 6.13. The Morgan fingerprint density at radius 1 is 0.177 bits per heavy atom. The summed E-state index contributed by atoms with van der Waals surface area (Å²) in [5, 5.41) is 4.95. The molecule has 0 bridgehead atoms. The number of hydrogen-bond donors (Lipinski definition) is 0. The number of benzene rings is 10. The molecular formula is C60H40N2. The quantitative estimate of drug-likeness (QED) is 0.152. The predicted octanol–water partition coefficient (Wildman–Crippen LogP) is 16.2. The zero-order chi connectivity index (χ0) is 41.0. The van der Waals surface area contributed by atoms with Crippen molar-refractivity contribution in [1.82, 2.24) is 9.13 Å². The van der Waals surface area contributed by atoms with Crippen molar-refractivity contribution in [2.45, 2.75) is 0 Å². The Morgan fingerprint density at radius 3 is 1.15 bits per heavy atom. The van der Waals surface area contributed by atoms with E-state index in [-0.39, 0.29) is 0 Å². The lowest BCUT2D eigenvalue weighted by atomic mass is 9.98. The van der Waals surface area contributed by atoms with Crippen LogP contribution in [-0.4, -0.2) is 9.13 Å². The van der Waals surface area contributed by atoms with Gasteiger partial charge in [0.2, 0.25) is 0 Å². The Morgan fingerprint density at radius 2 is 0.548 bits per heavy atom. The molecular weight excluding hydrogens is 749 g/mol. The van der Waals surface area contributed by atoms with Crippen molar-refractivity contribution in [3.63, 3.8) is 0 Å². The Labute approximate surface area is 360 Å². The maximum absolute atomic E-state index is 2.44. The van der Waals surface area contributed by atoms with E-state index in [2.05, 4.69) is 252 Å². The third-order valence-corrected chi connectivity index (χ3v) is 12.5. The lowest BCUT2D eigenvalue weighted by Crippen LogP contribution is -1.94. The van der Waals surface area contributed by atoms with E-state index < -0.39 is 0 Å². The van der Waals surface area contributed by atoms with Gasteiger partial charge in [-0.1, -0.05) is 182 Å². The summed E-state index contributed by atoms with van der Waals surface area (Å²) in [4.78, 5) is 0. The van der Waals surface area contributed by atoms with Gasteiger partial charge in [0, 0.05) is 32.9 Å². The molecule has 2 nitrogen and oxygen atoms in total. The van der Waals surface area contributed by atoms with E-state index in [1.54, 1.807) is 0 Å². The third kappa shape index (κ3) is 6.12. The van der Waals surface area contributed by atoms with Crippen molar-refractivity contribution in [3.05, 3.63) is 243 Å². The average molecular weight is 789 g/mol. The van der Waals surface area contributed by atoms with E-state index in [0.717, 1.165) is 11.4 Å². The Balaban J connectivity index is 0.993. The number of aromatic nitrogens is 2. The van der Waals surface area contributed by atoms with Gasteiger partial charge < -0.3 is 9.13 Å². The molecule has 12 aromatic rings. The number of nitrogens with zero attached hydrogens (tertiary/aromatic N) is 2. The normalized spacial score (nSPS) is 11.5. The van der Waals surface area contributed by atoms with Crippen LogP contribution in [0.15, 0.2) is 243 Å². The number of para-hydroxylation sites is 1. The molecule has 2 heterocycles. The highest BCUT2D eigenvalue weighted by atomic mass is 15.0. The second-order valence-corrected chi connectivity index (χ2v) is 16.2. The minimum absolute atomic E-state index is 1.14. The standard InChI is InChI=1S/C60H40N2/c1-4-13-41(14-5-1)44-23-25-46(26-24-44)50-29-34-54-56-39-49(30-35-58(56)61(60(54)40-50)51-32-27-45(28-33-51)42-15-6-2-7-16-42)48-31-36-59-55(38-48)53-21-10-11-22-57(53)62(59)52-20-12-19-47(37-52)43-17-8-3-9-18-43/h1-40H. The minimum Gasteiger partial charge on any atom is -0.309 e. The smallest absolute Gasteiger partial charge is 0.0547 e. The summed E-state index contributed by atoms with van der Waals surface area (Å²) in [5.74, 6) is 0. The van der Waals surface area contributed by atoms with Gasteiger partial charge in [0.25, 0.3) is 0 Å². The molecule has 0 fully saturated rings. The van der Waals surface area contributed by atoms with Gasteiger partial charge in [-0.3, -0.25) is 0 Å². The van der Waals surface area contributed by atoms with Crippen molar-refractivity contribution in [3.8, 4) is 67.0 Å². The Kier molecular flexibility index (Phi) is 8.53. The van der Waals surface area contributed by atoms with Crippen LogP contribution in [0.4, 0.5) is 0 Å². The van der Waals surface area contributed by atoms with E-state index in [1.165, 1.54) is 99.2 Å². The summed E-state index contributed by atoms with van der Waals surface area (Å²) in [6.45, 7) is 0. The fourth-order valence-corrected chi connectivity index (χ4v) is 9.46. The van der Waals surface area contributed by atoms with Crippen LogP contribution >= 0.6 is 0 Å². The van der Waals surface area contributed by atoms with E-state index in [9.17, 15) is 0 Å². The number of rotatable bonds is 7. The molecule has 2 heteroatoms. The first-order valence-corrected chi connectivity index (χ1v) is 21.3. The highest BCUT2D eigenvalue weighted by Crippen LogP contribution is 2.40. The molecule has 0 aliphatic heterocycles. The molecule has 2 aromatic heterocycles. The fourth-order valence-electron chi connectivity index (χ4n) is 9.46. The van der Waals surface area contributed by atoms with Crippen molar-refractivity contribution in [1.29, 1.82) is 0 Å². The average Bonchev–Trinajstić information content (AvgIpc) is 3.87. The molecule has 0 saturated carbocycles. The van der Waals surface area contributed by atoms with Gasteiger partial charge in [-0.2, -0.15) is 0 Å². The van der Waals surface area contributed by atoms with Crippen molar-refractivity contribution < 1.29 is 0 Å². The van der Waals surface area contributed by atoms with Crippen molar-refractivity contribution in [2.24, 2.45) is 0 Å². The maximum atomic E-state index is 2.44. The molecule has 0 atom stereocenters. The third-order valence-electron chi connectivity index (χ3n) is 12.5. The van der Waals surface area contributed by atoms with Gasteiger partial charge in [-0.15, -0.1) is 0 Å². The van der Waals surface area contributed by atoms with Crippen LogP contribution in [0.1, 0.15) is 0 Å². The summed E-state index contributed by atoms with van der Waals surface area (Å²) in [5.41, 5.74) is 19.1. The lowest BCUT2D eigenvalue weighted by Gasteiger charge is -2.11. The van der Waals surface area contributed by atoms with Gasteiger partial charge in [0.05, 0.1) is 22.1 Å². The zero-order valence-corrected chi connectivity index (χ0v) is 34.0. The molecule has 0 aliphatic carbocycles. The number of hydrogen-bond acceptors (Lipinski definition) is 0. The molecule has 0 saturated heterocycles. The molecule has 10 aromatic carbocycles. The molecule has 62 heavy (non-hydrogen) atoms. The molecule has 0 aliphatic rings. The van der Waals surface area contributed by atoms with Crippen molar-refractivity contribution in [2.75, 3.05) is 0 Å². The van der Waals surface area contributed by atoms with E-state index in [4.69, 9.17) is 0 Å². The van der Waals surface area contributed by atoms with Gasteiger partial charge in [-0.25, -0.2) is 0 Å². The molecule has 12 rings (SSSR count). The van der Waals surface area contributed by atoms with Crippen LogP contribution in [0.25, 0.3) is 111 Å². The SMILES string of the molecule is c1ccc(-c2ccc(-c3ccc4c5cc(-c6ccc7c(c6)c6ccccc6n7-c6cccc(-c7ccccc7)c6)ccc5n(-c5ccc(-c6ccccc6)cc5)c4c3)cc2)cc1. The van der Waals surface area contributed by atoms with Crippen LogP contribution < -0.4 is 0 Å². The fraction of sp³-hybridized carbons (Fsp3) is 0. The molecule has 0 N–H and O–H groups in total.